The highest BCUT2D eigenvalue weighted by Gasteiger charge is 2.08. The largest absolute Gasteiger partial charge is 0.382 e. The summed E-state index contributed by atoms with van der Waals surface area (Å²) in [7, 11) is 0. The number of rotatable bonds is 2. The molecule has 2 heterocycles. The Balaban J connectivity index is 1.87. The summed E-state index contributed by atoms with van der Waals surface area (Å²) in [6, 6.07) is 10.1. The molecule has 3 N–H and O–H groups in total. The molecule has 2 aromatic rings. The Morgan fingerprint density at radius 1 is 1.24 bits per heavy atom. The summed E-state index contributed by atoms with van der Waals surface area (Å²) < 4.78 is 0. The first kappa shape index (κ1) is 9.89. The minimum absolute atomic E-state index is 0.510. The summed E-state index contributed by atoms with van der Waals surface area (Å²) in [5, 5.41) is 6.81. The quantitative estimate of drug-likeness (QED) is 0.817. The first-order chi connectivity index (χ1) is 8.33. The van der Waals surface area contributed by atoms with Crippen LogP contribution in [-0.4, -0.2) is 29.6 Å². The minimum atomic E-state index is 0.510. The van der Waals surface area contributed by atoms with Crippen molar-refractivity contribution in [2.24, 2.45) is 4.99 Å². The van der Waals surface area contributed by atoms with Crippen molar-refractivity contribution < 1.29 is 0 Å². The standard InChI is InChI=1S/C12H13N5/c13-12-7-11(15-16-12)9-1-3-10(4-2-9)17-6-5-14-8-17/h1-4,7-8H,5-6H2,(H3,13,15,16). The third kappa shape index (κ3) is 1.87. The van der Waals surface area contributed by atoms with Crippen molar-refractivity contribution in [2.45, 2.75) is 0 Å². The van der Waals surface area contributed by atoms with Gasteiger partial charge in [0.1, 0.15) is 5.82 Å². The number of hydrogen-bond acceptors (Lipinski definition) is 4. The second-order valence-electron chi connectivity index (χ2n) is 3.97. The third-order valence-corrected chi connectivity index (χ3v) is 2.80. The van der Waals surface area contributed by atoms with E-state index in [1.165, 1.54) is 0 Å². The first-order valence-electron chi connectivity index (χ1n) is 5.51. The lowest BCUT2D eigenvalue weighted by Crippen LogP contribution is -2.17. The number of nitrogen functional groups attached to an aromatic ring is 1. The van der Waals surface area contributed by atoms with Gasteiger partial charge in [0, 0.05) is 18.3 Å². The van der Waals surface area contributed by atoms with E-state index in [9.17, 15) is 0 Å². The molecule has 17 heavy (non-hydrogen) atoms. The fourth-order valence-electron chi connectivity index (χ4n) is 1.89. The van der Waals surface area contributed by atoms with Crippen LogP contribution in [0.4, 0.5) is 11.5 Å². The third-order valence-electron chi connectivity index (χ3n) is 2.80. The Kier molecular flexibility index (Phi) is 2.29. The monoisotopic (exact) mass is 227 g/mol. The van der Waals surface area contributed by atoms with Gasteiger partial charge in [0.2, 0.25) is 0 Å². The molecule has 5 heteroatoms. The lowest BCUT2D eigenvalue weighted by molar-refractivity contribution is 1.02. The molecular weight excluding hydrogens is 214 g/mol. The number of aromatic nitrogens is 2. The van der Waals surface area contributed by atoms with Crippen molar-refractivity contribution in [3.8, 4) is 11.3 Å². The van der Waals surface area contributed by atoms with Crippen molar-refractivity contribution >= 4 is 17.8 Å². The van der Waals surface area contributed by atoms with Crippen LogP contribution in [0.2, 0.25) is 0 Å². The van der Waals surface area contributed by atoms with Crippen molar-refractivity contribution in [3.05, 3.63) is 30.3 Å². The van der Waals surface area contributed by atoms with Gasteiger partial charge in [-0.2, -0.15) is 5.10 Å². The van der Waals surface area contributed by atoms with Crippen LogP contribution in [0.25, 0.3) is 11.3 Å². The highest BCUT2D eigenvalue weighted by molar-refractivity contribution is 5.81. The van der Waals surface area contributed by atoms with Crippen LogP contribution in [0.1, 0.15) is 0 Å². The maximum absolute atomic E-state index is 5.58. The summed E-state index contributed by atoms with van der Waals surface area (Å²) in [5.74, 6) is 0.510. The molecule has 1 aliphatic rings. The number of nitrogens with two attached hydrogens (primary N) is 1. The Morgan fingerprint density at radius 2 is 2.06 bits per heavy atom. The van der Waals surface area contributed by atoms with Gasteiger partial charge < -0.3 is 10.6 Å². The van der Waals surface area contributed by atoms with Gasteiger partial charge in [-0.1, -0.05) is 12.1 Å². The number of nitrogens with one attached hydrogen (secondary N) is 1. The summed E-state index contributed by atoms with van der Waals surface area (Å²) in [5.41, 5.74) is 8.74. The van der Waals surface area contributed by atoms with Gasteiger partial charge in [0.25, 0.3) is 0 Å². The number of H-pyrrole nitrogens is 1. The molecule has 0 aliphatic carbocycles. The summed E-state index contributed by atoms with van der Waals surface area (Å²) in [6.45, 7) is 1.83. The van der Waals surface area contributed by atoms with E-state index in [2.05, 4.69) is 44.4 Å². The zero-order valence-electron chi connectivity index (χ0n) is 9.30. The molecule has 1 aromatic carbocycles. The van der Waals surface area contributed by atoms with Crippen LogP contribution in [0.15, 0.2) is 35.3 Å². The molecule has 0 fully saturated rings. The van der Waals surface area contributed by atoms with Crippen LogP contribution in [0.5, 0.6) is 0 Å². The van der Waals surface area contributed by atoms with E-state index in [4.69, 9.17) is 5.73 Å². The normalized spacial score (nSPS) is 14.5. The first-order valence-corrected chi connectivity index (χ1v) is 5.51. The fourth-order valence-corrected chi connectivity index (χ4v) is 1.89. The second-order valence-corrected chi connectivity index (χ2v) is 3.97. The molecular formula is C12H13N5. The Bertz CT molecular complexity index is 540. The molecule has 0 atom stereocenters. The summed E-state index contributed by atoms with van der Waals surface area (Å²) in [4.78, 5) is 6.32. The fraction of sp³-hybridized carbons (Fsp3) is 0.167. The number of aliphatic imine (C=N–C) groups is 1. The van der Waals surface area contributed by atoms with Gasteiger partial charge in [-0.15, -0.1) is 0 Å². The van der Waals surface area contributed by atoms with Crippen LogP contribution >= 0.6 is 0 Å². The maximum Gasteiger partial charge on any atom is 0.145 e. The molecule has 0 saturated carbocycles. The summed E-state index contributed by atoms with van der Waals surface area (Å²) in [6.07, 6.45) is 1.88. The van der Waals surface area contributed by atoms with E-state index >= 15 is 0 Å². The van der Waals surface area contributed by atoms with Crippen molar-refractivity contribution in [2.75, 3.05) is 23.7 Å². The zero-order valence-corrected chi connectivity index (χ0v) is 9.30. The molecule has 1 aromatic heterocycles. The van der Waals surface area contributed by atoms with E-state index in [1.54, 1.807) is 0 Å². The zero-order chi connectivity index (χ0) is 11.7. The minimum Gasteiger partial charge on any atom is -0.382 e. The van der Waals surface area contributed by atoms with Gasteiger partial charge in [-0.05, 0) is 17.7 Å². The van der Waals surface area contributed by atoms with E-state index in [1.807, 2.05) is 12.4 Å². The van der Waals surface area contributed by atoms with E-state index in [0.29, 0.717) is 5.82 Å². The van der Waals surface area contributed by atoms with Crippen molar-refractivity contribution in [3.63, 3.8) is 0 Å². The molecule has 5 nitrogen and oxygen atoms in total. The number of benzene rings is 1. The molecule has 86 valence electrons. The van der Waals surface area contributed by atoms with Gasteiger partial charge in [-0.3, -0.25) is 10.1 Å². The molecule has 0 spiro atoms. The van der Waals surface area contributed by atoms with Crippen molar-refractivity contribution in [1.82, 2.24) is 10.2 Å². The lowest BCUT2D eigenvalue weighted by Gasteiger charge is -2.13. The second kappa shape index (κ2) is 3.93. The average Bonchev–Trinajstić information content (AvgIpc) is 3.00. The molecule has 1 aliphatic heterocycles. The van der Waals surface area contributed by atoms with Crippen molar-refractivity contribution in [1.29, 1.82) is 0 Å². The van der Waals surface area contributed by atoms with Crippen LogP contribution in [0, 0.1) is 0 Å². The molecule has 3 rings (SSSR count). The molecule has 0 bridgehead atoms. The number of aromatic amines is 1. The van der Waals surface area contributed by atoms with Crippen LogP contribution in [-0.2, 0) is 0 Å². The highest BCUT2D eigenvalue weighted by atomic mass is 15.2. The van der Waals surface area contributed by atoms with Gasteiger partial charge in [0.15, 0.2) is 0 Å². The van der Waals surface area contributed by atoms with E-state index in [-0.39, 0.29) is 0 Å². The van der Waals surface area contributed by atoms with Gasteiger partial charge in [0.05, 0.1) is 18.6 Å². The molecule has 0 amide bonds. The number of hydrogen-bond donors (Lipinski definition) is 2. The Morgan fingerprint density at radius 3 is 2.65 bits per heavy atom. The number of anilines is 2. The smallest absolute Gasteiger partial charge is 0.145 e. The van der Waals surface area contributed by atoms with E-state index in [0.717, 1.165) is 30.0 Å². The summed E-state index contributed by atoms with van der Waals surface area (Å²) >= 11 is 0. The predicted molar refractivity (Wildman–Crippen MR) is 69.1 cm³/mol. The lowest BCUT2D eigenvalue weighted by atomic mass is 10.1. The Labute approximate surface area is 99.0 Å². The van der Waals surface area contributed by atoms with Gasteiger partial charge in [-0.25, -0.2) is 0 Å². The predicted octanol–water partition coefficient (Wildman–Crippen LogP) is 1.51. The highest BCUT2D eigenvalue weighted by Crippen LogP contribution is 2.22. The van der Waals surface area contributed by atoms with E-state index < -0.39 is 0 Å². The van der Waals surface area contributed by atoms with Crippen LogP contribution < -0.4 is 10.6 Å². The Hall–Kier alpha value is -2.30. The molecule has 0 saturated heterocycles. The number of nitrogens with zero attached hydrogens (tertiary/aromatic N) is 3. The average molecular weight is 227 g/mol. The van der Waals surface area contributed by atoms with Crippen LogP contribution in [0.3, 0.4) is 0 Å². The topological polar surface area (TPSA) is 70.3 Å². The molecule has 0 radical (unpaired) electrons. The molecule has 0 unspecified atom stereocenters. The van der Waals surface area contributed by atoms with Gasteiger partial charge >= 0.3 is 0 Å². The maximum atomic E-state index is 5.58. The SMILES string of the molecule is Nc1cc(-c2ccc(N3C=NCC3)cc2)[nH]n1.